The van der Waals surface area contributed by atoms with Crippen LogP contribution in [-0.2, 0) is 9.47 Å². The fraction of sp³-hybridized carbons (Fsp3) is 1.00. The highest BCUT2D eigenvalue weighted by Gasteiger charge is 2.70. The summed E-state index contributed by atoms with van der Waals surface area (Å²) in [6.07, 6.45) is 1.08. The third kappa shape index (κ3) is 1.82. The Balaban J connectivity index is 1.89. The highest BCUT2D eigenvalue weighted by Crippen LogP contribution is 2.66. The third-order valence-electron chi connectivity index (χ3n) is 2.64. The monoisotopic (exact) mass is 234 g/mol. The van der Waals surface area contributed by atoms with Crippen LogP contribution >= 0.6 is 23.5 Å². The number of hydrogen-bond donors (Lipinski definition) is 0. The second-order valence-electron chi connectivity index (χ2n) is 4.09. The molecule has 0 amide bonds. The fourth-order valence-corrected chi connectivity index (χ4v) is 4.85. The molecule has 14 heavy (non-hydrogen) atoms. The number of hydrogen-bond acceptors (Lipinski definition) is 4. The van der Waals surface area contributed by atoms with Crippen LogP contribution in [0.1, 0.15) is 27.2 Å². The van der Waals surface area contributed by atoms with Crippen molar-refractivity contribution in [3.63, 3.8) is 0 Å². The number of epoxide rings is 1. The lowest BCUT2D eigenvalue weighted by molar-refractivity contribution is 0.108. The van der Waals surface area contributed by atoms with Gasteiger partial charge in [0.1, 0.15) is 0 Å². The molecule has 0 aliphatic carbocycles. The van der Waals surface area contributed by atoms with Crippen molar-refractivity contribution in [3.8, 4) is 0 Å². The SMILES string of the molecule is CCCOCC12OC1(C)SCC(C)S2. The Morgan fingerprint density at radius 1 is 1.57 bits per heavy atom. The zero-order valence-electron chi connectivity index (χ0n) is 9.04. The molecule has 2 fully saturated rings. The number of rotatable bonds is 4. The topological polar surface area (TPSA) is 21.8 Å². The standard InChI is InChI=1S/C10H18O2S2/c1-4-5-11-7-10-9(3,12-10)13-6-8(2)14-10/h8H,4-7H2,1-3H3. The van der Waals surface area contributed by atoms with Crippen molar-refractivity contribution in [1.29, 1.82) is 0 Å². The number of thioether (sulfide) groups is 2. The maximum Gasteiger partial charge on any atom is 0.177 e. The number of fused-ring (bicyclic) bond motifs is 1. The van der Waals surface area contributed by atoms with Gasteiger partial charge in [0.15, 0.2) is 9.87 Å². The molecule has 2 nitrogen and oxygen atoms in total. The van der Waals surface area contributed by atoms with Crippen molar-refractivity contribution in [2.24, 2.45) is 0 Å². The van der Waals surface area contributed by atoms with Crippen molar-refractivity contribution in [2.45, 2.75) is 42.3 Å². The van der Waals surface area contributed by atoms with Crippen LogP contribution < -0.4 is 0 Å². The van der Waals surface area contributed by atoms with E-state index in [1.807, 2.05) is 23.5 Å². The zero-order valence-corrected chi connectivity index (χ0v) is 10.7. The first-order valence-corrected chi connectivity index (χ1v) is 7.08. The lowest BCUT2D eigenvalue weighted by Gasteiger charge is -2.25. The Bertz CT molecular complexity index is 224. The summed E-state index contributed by atoms with van der Waals surface area (Å²) in [7, 11) is 0. The molecule has 3 atom stereocenters. The lowest BCUT2D eigenvalue weighted by Crippen LogP contribution is -2.31. The van der Waals surface area contributed by atoms with E-state index in [0.717, 1.165) is 19.6 Å². The van der Waals surface area contributed by atoms with Crippen molar-refractivity contribution in [3.05, 3.63) is 0 Å². The van der Waals surface area contributed by atoms with Gasteiger partial charge in [0.05, 0.1) is 6.61 Å². The molecule has 0 aromatic carbocycles. The molecule has 0 saturated carbocycles. The first-order chi connectivity index (χ1) is 6.62. The first-order valence-electron chi connectivity index (χ1n) is 5.21. The minimum atomic E-state index is -0.0372. The number of ether oxygens (including phenoxy) is 2. The summed E-state index contributed by atoms with van der Waals surface area (Å²) in [5, 5.41) is 0.681. The van der Waals surface area contributed by atoms with Crippen molar-refractivity contribution < 1.29 is 9.47 Å². The molecule has 2 saturated heterocycles. The van der Waals surface area contributed by atoms with Gasteiger partial charge in [0.25, 0.3) is 0 Å². The molecule has 0 N–H and O–H groups in total. The molecular formula is C10H18O2S2. The molecule has 2 aliphatic heterocycles. The fourth-order valence-electron chi connectivity index (χ4n) is 1.74. The summed E-state index contributed by atoms with van der Waals surface area (Å²) in [6, 6.07) is 0. The van der Waals surface area contributed by atoms with Crippen LogP contribution in [0, 0.1) is 0 Å². The van der Waals surface area contributed by atoms with Crippen LogP contribution in [0.15, 0.2) is 0 Å². The van der Waals surface area contributed by atoms with E-state index in [1.54, 1.807) is 0 Å². The lowest BCUT2D eigenvalue weighted by atomic mass is 10.3. The van der Waals surface area contributed by atoms with Gasteiger partial charge in [-0.15, -0.1) is 23.5 Å². The molecule has 0 bridgehead atoms. The molecular weight excluding hydrogens is 216 g/mol. The molecule has 0 aromatic rings. The van der Waals surface area contributed by atoms with E-state index in [9.17, 15) is 0 Å². The van der Waals surface area contributed by atoms with E-state index >= 15 is 0 Å². The Labute approximate surface area is 94.5 Å². The molecule has 0 spiro atoms. The van der Waals surface area contributed by atoms with Crippen molar-refractivity contribution in [1.82, 2.24) is 0 Å². The highest BCUT2D eigenvalue weighted by molar-refractivity contribution is 8.09. The summed E-state index contributed by atoms with van der Waals surface area (Å²) in [6.45, 7) is 8.18. The second-order valence-corrected chi connectivity index (χ2v) is 7.19. The van der Waals surface area contributed by atoms with Crippen molar-refractivity contribution >= 4 is 23.5 Å². The molecule has 2 heterocycles. The smallest absolute Gasteiger partial charge is 0.177 e. The third-order valence-corrected chi connectivity index (χ3v) is 6.15. The minimum absolute atomic E-state index is 0.0257. The first kappa shape index (κ1) is 11.1. The van der Waals surface area contributed by atoms with Gasteiger partial charge in [-0.1, -0.05) is 13.8 Å². The van der Waals surface area contributed by atoms with Crippen LogP contribution in [0.2, 0.25) is 0 Å². The van der Waals surface area contributed by atoms with Gasteiger partial charge in [0, 0.05) is 17.6 Å². The van der Waals surface area contributed by atoms with Gasteiger partial charge in [-0.2, -0.15) is 0 Å². The van der Waals surface area contributed by atoms with Gasteiger partial charge < -0.3 is 9.47 Å². The van der Waals surface area contributed by atoms with Crippen LogP contribution in [0.5, 0.6) is 0 Å². The summed E-state index contributed by atoms with van der Waals surface area (Å²) in [5.41, 5.74) is 0. The average molecular weight is 234 g/mol. The summed E-state index contributed by atoms with van der Waals surface area (Å²) in [5.74, 6) is 1.19. The van der Waals surface area contributed by atoms with E-state index in [1.165, 1.54) is 5.75 Å². The van der Waals surface area contributed by atoms with Crippen LogP contribution in [-0.4, -0.2) is 34.1 Å². The molecule has 3 unspecified atom stereocenters. The Hall–Kier alpha value is 0.620. The van der Waals surface area contributed by atoms with Crippen LogP contribution in [0.3, 0.4) is 0 Å². The van der Waals surface area contributed by atoms with Crippen LogP contribution in [0.4, 0.5) is 0 Å². The molecule has 82 valence electrons. The minimum Gasteiger partial charge on any atom is -0.377 e. The predicted molar refractivity (Wildman–Crippen MR) is 62.8 cm³/mol. The predicted octanol–water partition coefficient (Wildman–Crippen LogP) is 2.72. The maximum absolute atomic E-state index is 5.87. The average Bonchev–Trinajstić information content (AvgIpc) is 2.72. The molecule has 0 radical (unpaired) electrons. The largest absolute Gasteiger partial charge is 0.377 e. The van der Waals surface area contributed by atoms with E-state index in [2.05, 4.69) is 20.8 Å². The normalized spacial score (nSPS) is 46.1. The van der Waals surface area contributed by atoms with Crippen molar-refractivity contribution in [2.75, 3.05) is 19.0 Å². The Morgan fingerprint density at radius 2 is 2.36 bits per heavy atom. The van der Waals surface area contributed by atoms with E-state index in [4.69, 9.17) is 9.47 Å². The van der Waals surface area contributed by atoms with Gasteiger partial charge in [-0.25, -0.2) is 0 Å². The molecule has 2 aliphatic rings. The van der Waals surface area contributed by atoms with Gasteiger partial charge >= 0.3 is 0 Å². The van der Waals surface area contributed by atoms with E-state index in [0.29, 0.717) is 5.25 Å². The van der Waals surface area contributed by atoms with E-state index in [-0.39, 0.29) is 9.87 Å². The molecule has 2 rings (SSSR count). The quantitative estimate of drug-likeness (QED) is 0.551. The maximum atomic E-state index is 5.87. The van der Waals surface area contributed by atoms with Gasteiger partial charge in [-0.05, 0) is 13.3 Å². The van der Waals surface area contributed by atoms with Gasteiger partial charge in [-0.3, -0.25) is 0 Å². The van der Waals surface area contributed by atoms with Crippen LogP contribution in [0.25, 0.3) is 0 Å². The summed E-state index contributed by atoms with van der Waals surface area (Å²) >= 11 is 3.88. The van der Waals surface area contributed by atoms with Gasteiger partial charge in [0.2, 0.25) is 0 Å². The Morgan fingerprint density at radius 3 is 3.07 bits per heavy atom. The summed E-state index contributed by atoms with van der Waals surface area (Å²) in [4.78, 5) is -0.0115. The molecule has 4 heteroatoms. The second kappa shape index (κ2) is 3.89. The molecule has 0 aromatic heterocycles. The zero-order chi connectivity index (χ0) is 10.2. The summed E-state index contributed by atoms with van der Waals surface area (Å²) < 4.78 is 11.5. The Kier molecular flexibility index (Phi) is 3.09. The highest BCUT2D eigenvalue weighted by atomic mass is 32.2. The van der Waals surface area contributed by atoms with E-state index < -0.39 is 0 Å².